The summed E-state index contributed by atoms with van der Waals surface area (Å²) in [6.07, 6.45) is 3.97. The number of nitrogens with two attached hydrogens (primary N) is 1. The van der Waals surface area contributed by atoms with Crippen molar-refractivity contribution in [1.29, 1.82) is 0 Å². The van der Waals surface area contributed by atoms with E-state index in [-0.39, 0.29) is 5.56 Å². The second-order valence-electron chi connectivity index (χ2n) is 5.26. The summed E-state index contributed by atoms with van der Waals surface area (Å²) in [6, 6.07) is 2.01. The zero-order valence-electron chi connectivity index (χ0n) is 12.1. The van der Waals surface area contributed by atoms with Crippen molar-refractivity contribution >= 4 is 16.5 Å². The zero-order valence-corrected chi connectivity index (χ0v) is 12.9. The maximum Gasteiger partial charge on any atom is 0.260 e. The molecule has 2 aromatic heterocycles. The van der Waals surface area contributed by atoms with Gasteiger partial charge in [0.1, 0.15) is 0 Å². The number of nitrogen functional groups attached to an aromatic ring is 1. The summed E-state index contributed by atoms with van der Waals surface area (Å²) in [6.45, 7) is 1.36. The number of ether oxygens (including phenoxy) is 1. The molecule has 0 amide bonds. The smallest absolute Gasteiger partial charge is 0.260 e. The number of anilines is 1. The van der Waals surface area contributed by atoms with E-state index < -0.39 is 0 Å². The van der Waals surface area contributed by atoms with Crippen molar-refractivity contribution in [2.75, 3.05) is 19.5 Å². The topological polar surface area (TPSA) is 70.1 Å². The van der Waals surface area contributed by atoms with E-state index >= 15 is 0 Å². The molecule has 0 bridgehead atoms. The summed E-state index contributed by atoms with van der Waals surface area (Å²) in [5.74, 6) is 0. The molecule has 6 heteroatoms. The fourth-order valence-electron chi connectivity index (χ4n) is 2.92. The molecule has 0 aliphatic heterocycles. The number of thiazole rings is 1. The average Bonchev–Trinajstić information content (AvgIpc) is 3.09. The number of nitrogens with zero attached hydrogens (tertiary/aromatic N) is 2. The van der Waals surface area contributed by atoms with Gasteiger partial charge >= 0.3 is 0 Å². The fourth-order valence-corrected chi connectivity index (χ4v) is 3.48. The monoisotopic (exact) mass is 305 g/mol. The first-order valence-corrected chi connectivity index (χ1v) is 8.04. The van der Waals surface area contributed by atoms with Crippen molar-refractivity contribution in [3.05, 3.63) is 33.1 Å². The molecular weight excluding hydrogens is 286 g/mol. The Morgan fingerprint density at radius 3 is 3.05 bits per heavy atom. The van der Waals surface area contributed by atoms with Crippen LogP contribution in [0.25, 0.3) is 11.3 Å². The van der Waals surface area contributed by atoms with Crippen molar-refractivity contribution < 1.29 is 4.74 Å². The molecule has 0 atom stereocenters. The third kappa shape index (κ3) is 2.73. The van der Waals surface area contributed by atoms with E-state index in [1.165, 1.54) is 22.6 Å². The van der Waals surface area contributed by atoms with Gasteiger partial charge in [0.25, 0.3) is 5.56 Å². The summed E-state index contributed by atoms with van der Waals surface area (Å²) in [5, 5.41) is 2.35. The third-order valence-corrected chi connectivity index (χ3v) is 4.55. The van der Waals surface area contributed by atoms with Crippen molar-refractivity contribution in [3.63, 3.8) is 0 Å². The molecule has 21 heavy (non-hydrogen) atoms. The molecule has 0 fully saturated rings. The Morgan fingerprint density at radius 1 is 1.48 bits per heavy atom. The maximum atomic E-state index is 12.8. The molecule has 2 N–H and O–H groups in total. The van der Waals surface area contributed by atoms with Crippen LogP contribution in [0.5, 0.6) is 0 Å². The van der Waals surface area contributed by atoms with Gasteiger partial charge < -0.3 is 15.0 Å². The van der Waals surface area contributed by atoms with Crippen LogP contribution in [-0.2, 0) is 24.1 Å². The van der Waals surface area contributed by atoms with Gasteiger partial charge in [-0.05, 0) is 37.3 Å². The number of fused-ring (bicyclic) bond motifs is 1. The van der Waals surface area contributed by atoms with Crippen LogP contribution in [0.2, 0.25) is 0 Å². The van der Waals surface area contributed by atoms with E-state index in [0.29, 0.717) is 29.5 Å². The van der Waals surface area contributed by atoms with Gasteiger partial charge in [0.05, 0.1) is 11.3 Å². The molecule has 2 aromatic rings. The number of rotatable bonds is 5. The Bertz CT molecular complexity index is 705. The highest BCUT2D eigenvalue weighted by Gasteiger charge is 2.20. The molecule has 112 valence electrons. The van der Waals surface area contributed by atoms with E-state index in [1.54, 1.807) is 7.11 Å². The minimum atomic E-state index is 0.0389. The first-order chi connectivity index (χ1) is 10.2. The first-order valence-electron chi connectivity index (χ1n) is 7.16. The number of methoxy groups -OCH3 is 1. The van der Waals surface area contributed by atoms with Crippen LogP contribution in [0.3, 0.4) is 0 Å². The second-order valence-corrected chi connectivity index (χ2v) is 6.15. The molecule has 0 radical (unpaired) electrons. The lowest BCUT2D eigenvalue weighted by Gasteiger charge is -2.14. The highest BCUT2D eigenvalue weighted by Crippen LogP contribution is 2.27. The summed E-state index contributed by atoms with van der Waals surface area (Å²) in [5.41, 5.74) is 9.55. The molecule has 1 aliphatic rings. The van der Waals surface area contributed by atoms with Gasteiger partial charge in [-0.2, -0.15) is 0 Å². The van der Waals surface area contributed by atoms with E-state index in [4.69, 9.17) is 10.5 Å². The SMILES string of the molecule is COCCCn1c2c(cc(-c3csc(N)n3)c1=O)CCC2. The van der Waals surface area contributed by atoms with Crippen LogP contribution in [0.15, 0.2) is 16.2 Å². The Balaban J connectivity index is 2.06. The minimum absolute atomic E-state index is 0.0389. The summed E-state index contributed by atoms with van der Waals surface area (Å²) < 4.78 is 7.01. The molecule has 5 nitrogen and oxygen atoms in total. The number of pyridine rings is 1. The van der Waals surface area contributed by atoms with E-state index in [0.717, 1.165) is 25.7 Å². The molecule has 3 rings (SSSR count). The Morgan fingerprint density at radius 2 is 2.33 bits per heavy atom. The van der Waals surface area contributed by atoms with Crippen LogP contribution >= 0.6 is 11.3 Å². The lowest BCUT2D eigenvalue weighted by Crippen LogP contribution is -2.26. The molecule has 0 spiro atoms. The van der Waals surface area contributed by atoms with Gasteiger partial charge in [0, 0.05) is 31.3 Å². The predicted molar refractivity (Wildman–Crippen MR) is 84.7 cm³/mol. The average molecular weight is 305 g/mol. The number of hydrogen-bond acceptors (Lipinski definition) is 5. The van der Waals surface area contributed by atoms with E-state index in [2.05, 4.69) is 4.98 Å². The van der Waals surface area contributed by atoms with Gasteiger partial charge in [0.15, 0.2) is 5.13 Å². The Kier molecular flexibility index (Phi) is 4.07. The Labute approximate surface area is 127 Å². The van der Waals surface area contributed by atoms with Gasteiger partial charge in [-0.15, -0.1) is 11.3 Å². The lowest BCUT2D eigenvalue weighted by molar-refractivity contribution is 0.189. The maximum absolute atomic E-state index is 12.8. The number of hydrogen-bond donors (Lipinski definition) is 1. The van der Waals surface area contributed by atoms with Crippen molar-refractivity contribution in [3.8, 4) is 11.3 Å². The predicted octanol–water partition coefficient (Wildman–Crippen LogP) is 2.08. The van der Waals surface area contributed by atoms with E-state index in [9.17, 15) is 4.79 Å². The van der Waals surface area contributed by atoms with Crippen LogP contribution in [0.1, 0.15) is 24.1 Å². The van der Waals surface area contributed by atoms with Gasteiger partial charge in [-0.25, -0.2) is 4.98 Å². The van der Waals surface area contributed by atoms with Gasteiger partial charge in [0.2, 0.25) is 0 Å². The molecule has 0 aromatic carbocycles. The molecule has 1 aliphatic carbocycles. The van der Waals surface area contributed by atoms with Crippen LogP contribution in [-0.4, -0.2) is 23.3 Å². The number of aryl methyl sites for hydroxylation is 1. The van der Waals surface area contributed by atoms with Crippen molar-refractivity contribution in [2.24, 2.45) is 0 Å². The van der Waals surface area contributed by atoms with Crippen LogP contribution in [0.4, 0.5) is 5.13 Å². The first kappa shape index (κ1) is 14.3. The quantitative estimate of drug-likeness (QED) is 0.859. The third-order valence-electron chi connectivity index (χ3n) is 3.88. The second kappa shape index (κ2) is 5.99. The van der Waals surface area contributed by atoms with Gasteiger partial charge in [-0.3, -0.25) is 4.79 Å². The molecule has 0 saturated heterocycles. The van der Waals surface area contributed by atoms with Crippen molar-refractivity contribution in [1.82, 2.24) is 9.55 Å². The number of aromatic nitrogens is 2. The minimum Gasteiger partial charge on any atom is -0.385 e. The lowest BCUT2D eigenvalue weighted by atomic mass is 10.1. The van der Waals surface area contributed by atoms with Crippen molar-refractivity contribution in [2.45, 2.75) is 32.2 Å². The molecule has 0 unspecified atom stereocenters. The fraction of sp³-hybridized carbons (Fsp3) is 0.467. The Hall–Kier alpha value is -1.66. The molecular formula is C15H19N3O2S. The summed E-state index contributed by atoms with van der Waals surface area (Å²) >= 11 is 1.37. The summed E-state index contributed by atoms with van der Waals surface area (Å²) in [4.78, 5) is 17.0. The van der Waals surface area contributed by atoms with Gasteiger partial charge in [-0.1, -0.05) is 0 Å². The standard InChI is InChI=1S/C15H19N3O2S/c1-20-7-3-6-18-13-5-2-4-10(13)8-11(14(18)19)12-9-21-15(16)17-12/h8-9H,2-7H2,1H3,(H2,16,17). The highest BCUT2D eigenvalue weighted by molar-refractivity contribution is 7.13. The normalized spacial score (nSPS) is 13.6. The molecule has 0 saturated carbocycles. The zero-order chi connectivity index (χ0) is 14.8. The van der Waals surface area contributed by atoms with E-state index in [1.807, 2.05) is 16.0 Å². The van der Waals surface area contributed by atoms with Crippen LogP contribution in [0, 0.1) is 0 Å². The highest BCUT2D eigenvalue weighted by atomic mass is 32.1. The van der Waals surface area contributed by atoms with Crippen LogP contribution < -0.4 is 11.3 Å². The molecule has 2 heterocycles. The largest absolute Gasteiger partial charge is 0.385 e. The summed E-state index contributed by atoms with van der Waals surface area (Å²) in [7, 11) is 1.68.